The average molecular weight is 476 g/mol. The second-order valence-corrected chi connectivity index (χ2v) is 8.44. The van der Waals surface area contributed by atoms with E-state index in [1.165, 1.54) is 36.9 Å². The molecule has 0 aromatic carbocycles. The first kappa shape index (κ1) is 25.3. The van der Waals surface area contributed by atoms with Crippen LogP contribution in [0.2, 0.25) is 0 Å². The van der Waals surface area contributed by atoms with Crippen LogP contribution in [0.25, 0.3) is 0 Å². The maximum Gasteiger partial charge on any atom is 1.00 e. The van der Waals surface area contributed by atoms with Gasteiger partial charge in [0.25, 0.3) is 5.91 Å². The summed E-state index contributed by atoms with van der Waals surface area (Å²) in [6, 6.07) is -0.888. The van der Waals surface area contributed by atoms with Crippen LogP contribution >= 0.6 is 23.1 Å². The summed E-state index contributed by atoms with van der Waals surface area (Å²) in [7, 11) is 0. The number of hydrogen-bond donors (Lipinski definition) is 2. The summed E-state index contributed by atoms with van der Waals surface area (Å²) < 4.78 is 4.85. The second kappa shape index (κ2) is 10.6. The zero-order chi connectivity index (χ0) is 22.0. The van der Waals surface area contributed by atoms with Crippen LogP contribution in [-0.4, -0.2) is 63.3 Å². The average Bonchev–Trinajstić information content (AvgIpc) is 3.09. The van der Waals surface area contributed by atoms with Crippen molar-refractivity contribution >= 4 is 57.9 Å². The van der Waals surface area contributed by atoms with Crippen molar-refractivity contribution in [2.24, 2.45) is 0 Å². The quantitative estimate of drug-likeness (QED) is 0.225. The summed E-state index contributed by atoms with van der Waals surface area (Å²) in [4.78, 5) is 63.6. The first-order chi connectivity index (χ1) is 14.2. The summed E-state index contributed by atoms with van der Waals surface area (Å²) in [6.07, 6.45) is -0.0991. The fourth-order valence-electron chi connectivity index (χ4n) is 2.96. The fraction of sp³-hybridized carbons (Fsp3) is 0.412. The molecule has 31 heavy (non-hydrogen) atoms. The Morgan fingerprint density at radius 1 is 1.32 bits per heavy atom. The minimum Gasteiger partial charge on any atom is -0.543 e. The number of carbonyl (C=O) groups excluding carboxylic acids is 5. The van der Waals surface area contributed by atoms with Gasteiger partial charge in [-0.05, 0) is 0 Å². The number of ether oxygens (including phenoxy) is 1. The number of aliphatic carboxylic acids is 1. The number of hydrogen-bond acceptors (Lipinski definition) is 10. The van der Waals surface area contributed by atoms with Gasteiger partial charge in [0, 0.05) is 30.6 Å². The molecule has 3 amide bonds. The number of fused-ring (bicyclic) bond motifs is 1. The van der Waals surface area contributed by atoms with Crippen molar-refractivity contribution in [1.82, 2.24) is 15.2 Å². The fourth-order valence-corrected chi connectivity index (χ4v) is 5.04. The van der Waals surface area contributed by atoms with E-state index in [0.717, 1.165) is 4.90 Å². The first-order valence-electron chi connectivity index (χ1n) is 8.70. The Morgan fingerprint density at radius 3 is 2.65 bits per heavy atom. The molecule has 2 aliphatic rings. The number of nitrogens with one attached hydrogen (secondary N) is 2. The Hall–Kier alpha value is -1.93. The van der Waals surface area contributed by atoms with E-state index in [1.807, 2.05) is 0 Å². The van der Waals surface area contributed by atoms with Crippen molar-refractivity contribution in [2.75, 3.05) is 17.7 Å². The molecule has 1 unspecified atom stereocenters. The van der Waals surface area contributed by atoms with Crippen LogP contribution in [0, 0.1) is 0 Å². The van der Waals surface area contributed by atoms with Gasteiger partial charge in [-0.25, -0.2) is 4.98 Å². The topological polar surface area (TPSA) is 158 Å². The van der Waals surface area contributed by atoms with Crippen molar-refractivity contribution < 1.29 is 63.4 Å². The number of thiazole rings is 1. The van der Waals surface area contributed by atoms with E-state index in [1.54, 1.807) is 5.38 Å². The molecule has 3 heterocycles. The predicted molar refractivity (Wildman–Crippen MR) is 104 cm³/mol. The summed E-state index contributed by atoms with van der Waals surface area (Å²) in [5.74, 6) is -3.23. The molecule has 1 saturated heterocycles. The number of nitrogens with zero attached hydrogens (tertiary/aromatic N) is 2. The van der Waals surface area contributed by atoms with Crippen LogP contribution in [0.3, 0.4) is 0 Å². The first-order valence-corrected chi connectivity index (χ1v) is 10.6. The van der Waals surface area contributed by atoms with Crippen molar-refractivity contribution in [2.45, 2.75) is 31.7 Å². The van der Waals surface area contributed by atoms with E-state index in [-0.39, 0.29) is 65.5 Å². The standard InChI is InChI=1S/C17H18N4O7S2.Na/c1-7(22)18-17-19-10(6-30-17)3-11(24)20-12-14(25)21-13(16(26)27)9(4-28-8(2)23)5-29-15(12)21;/h6,12,15H,3-5H2,1-2H3,(H,20,24)(H,26,27)(H,18,19,22);/q;+1/p-1/t12?,15-;/m0./s1. The van der Waals surface area contributed by atoms with Crippen LogP contribution in [0.15, 0.2) is 16.7 Å². The van der Waals surface area contributed by atoms with Gasteiger partial charge in [-0.2, -0.15) is 0 Å². The van der Waals surface area contributed by atoms with E-state index in [2.05, 4.69) is 15.6 Å². The zero-order valence-corrected chi connectivity index (χ0v) is 20.6. The Kier molecular flexibility index (Phi) is 8.65. The number of carboxylic acid groups (broad SMARTS) is 1. The summed E-state index contributed by atoms with van der Waals surface area (Å²) >= 11 is 2.43. The minimum absolute atomic E-state index is 0. The molecule has 3 rings (SSSR count). The Balaban J connectivity index is 0.00000341. The van der Waals surface area contributed by atoms with Crippen LogP contribution in [0.5, 0.6) is 0 Å². The molecule has 1 fully saturated rings. The number of anilines is 1. The zero-order valence-electron chi connectivity index (χ0n) is 16.9. The monoisotopic (exact) mass is 476 g/mol. The van der Waals surface area contributed by atoms with E-state index < -0.39 is 35.2 Å². The van der Waals surface area contributed by atoms with Gasteiger partial charge < -0.3 is 25.3 Å². The van der Waals surface area contributed by atoms with Gasteiger partial charge in [-0.3, -0.25) is 24.1 Å². The third-order valence-corrected chi connectivity index (χ3v) is 6.33. The van der Waals surface area contributed by atoms with E-state index in [0.29, 0.717) is 10.8 Å². The molecule has 2 N–H and O–H groups in total. The van der Waals surface area contributed by atoms with Gasteiger partial charge in [0.15, 0.2) is 5.13 Å². The molecule has 0 spiro atoms. The maximum atomic E-state index is 12.5. The number of carbonyl (C=O) groups is 5. The molecule has 2 atom stereocenters. The maximum absolute atomic E-state index is 12.5. The van der Waals surface area contributed by atoms with Gasteiger partial charge in [0.05, 0.1) is 23.8 Å². The molecular formula is C17H17N4NaO7S2. The van der Waals surface area contributed by atoms with Crippen molar-refractivity contribution in [3.05, 3.63) is 22.3 Å². The van der Waals surface area contributed by atoms with Crippen molar-refractivity contribution in [3.8, 4) is 0 Å². The number of amides is 3. The summed E-state index contributed by atoms with van der Waals surface area (Å²) in [5, 5.41) is 18.1. The van der Waals surface area contributed by atoms with Crippen LogP contribution < -0.4 is 45.3 Å². The molecular weight excluding hydrogens is 459 g/mol. The minimum atomic E-state index is -1.55. The molecule has 1 aromatic rings. The molecule has 2 aliphatic heterocycles. The number of thioether (sulfide) groups is 1. The molecule has 14 heteroatoms. The molecule has 0 radical (unpaired) electrons. The van der Waals surface area contributed by atoms with Gasteiger partial charge in [-0.15, -0.1) is 23.1 Å². The Labute approximate surface area is 207 Å². The van der Waals surface area contributed by atoms with Gasteiger partial charge in [0.1, 0.15) is 18.0 Å². The smallest absolute Gasteiger partial charge is 0.543 e. The van der Waals surface area contributed by atoms with Gasteiger partial charge in [-0.1, -0.05) is 0 Å². The summed E-state index contributed by atoms with van der Waals surface area (Å²) in [6.45, 7) is 2.29. The van der Waals surface area contributed by atoms with Crippen LogP contribution in [0.1, 0.15) is 19.5 Å². The Morgan fingerprint density at radius 2 is 2.03 bits per heavy atom. The third-order valence-electron chi connectivity index (χ3n) is 4.18. The normalized spacial score (nSPS) is 19.5. The number of β-lactam (4-membered cyclic amide) rings is 1. The largest absolute Gasteiger partial charge is 1.00 e. The van der Waals surface area contributed by atoms with Crippen molar-refractivity contribution in [3.63, 3.8) is 0 Å². The Bertz CT molecular complexity index is 964. The van der Waals surface area contributed by atoms with E-state index in [9.17, 15) is 29.1 Å². The van der Waals surface area contributed by atoms with E-state index in [4.69, 9.17) is 4.74 Å². The molecule has 160 valence electrons. The molecule has 1 aromatic heterocycles. The van der Waals surface area contributed by atoms with Gasteiger partial charge >= 0.3 is 35.5 Å². The molecule has 0 saturated carbocycles. The van der Waals surface area contributed by atoms with Crippen molar-refractivity contribution in [1.29, 1.82) is 0 Å². The second-order valence-electron chi connectivity index (χ2n) is 6.48. The SMILES string of the molecule is CC(=O)Nc1nc(CC(=O)NC2C(=O)N3C(C(=O)[O-])=C(COC(C)=O)CS[C@@H]23)cs1.[Na+]. The predicted octanol–water partition coefficient (Wildman–Crippen LogP) is -4.38. The third kappa shape index (κ3) is 5.86. The molecule has 11 nitrogen and oxygen atoms in total. The summed E-state index contributed by atoms with van der Waals surface area (Å²) in [5.41, 5.74) is 0.368. The number of carboxylic acids is 1. The number of aromatic nitrogens is 1. The van der Waals surface area contributed by atoms with Crippen LogP contribution in [0.4, 0.5) is 5.13 Å². The number of rotatable bonds is 7. The van der Waals surface area contributed by atoms with Gasteiger partial charge in [0.2, 0.25) is 11.8 Å². The van der Waals surface area contributed by atoms with Crippen LogP contribution in [-0.2, 0) is 35.1 Å². The van der Waals surface area contributed by atoms with E-state index >= 15 is 0 Å². The molecule has 0 bridgehead atoms. The number of esters is 1. The molecule has 0 aliphatic carbocycles.